The highest BCUT2D eigenvalue weighted by Gasteiger charge is 2.33. The summed E-state index contributed by atoms with van der Waals surface area (Å²) in [6.45, 7) is 6.07. The fourth-order valence-electron chi connectivity index (χ4n) is 4.90. The Kier molecular flexibility index (Phi) is 11.4. The number of carbonyl (C=O) groups excluding carboxylic acids is 2. The highest BCUT2D eigenvalue weighted by Crippen LogP contribution is 2.26. The lowest BCUT2D eigenvalue weighted by Crippen LogP contribution is -2.53. The van der Waals surface area contributed by atoms with E-state index in [0.29, 0.717) is 23.7 Å². The third-order valence-corrected chi connectivity index (χ3v) is 8.31. The van der Waals surface area contributed by atoms with Crippen molar-refractivity contribution in [2.24, 2.45) is 5.92 Å². The third-order valence-electron chi connectivity index (χ3n) is 7.17. The zero-order chi connectivity index (χ0) is 32.4. The van der Waals surface area contributed by atoms with Gasteiger partial charge in [-0.15, -0.1) is 0 Å². The topological polar surface area (TPSA) is 96.0 Å². The van der Waals surface area contributed by atoms with Crippen molar-refractivity contribution in [2.45, 2.75) is 39.8 Å². The van der Waals surface area contributed by atoms with Crippen molar-refractivity contribution in [3.63, 3.8) is 0 Å². The zero-order valence-corrected chi connectivity index (χ0v) is 27.0. The molecule has 1 atom stereocenters. The molecule has 4 aromatic rings. The normalized spacial score (nSPS) is 11.9. The molecule has 0 unspecified atom stereocenters. The van der Waals surface area contributed by atoms with Gasteiger partial charge in [0, 0.05) is 19.5 Å². The van der Waals surface area contributed by atoms with Gasteiger partial charge in [0.25, 0.3) is 0 Å². The van der Waals surface area contributed by atoms with Crippen LogP contribution in [0.2, 0.25) is 0 Å². The number of aryl methyl sites for hydroxylation is 1. The molecule has 236 valence electrons. The minimum atomic E-state index is -3.88. The van der Waals surface area contributed by atoms with E-state index >= 15 is 0 Å². The van der Waals surface area contributed by atoms with E-state index in [9.17, 15) is 18.0 Å². The third kappa shape index (κ3) is 9.94. The first-order valence-electron chi connectivity index (χ1n) is 15.0. The quantitative estimate of drug-likeness (QED) is 0.186. The Morgan fingerprint density at radius 1 is 0.800 bits per heavy atom. The van der Waals surface area contributed by atoms with Gasteiger partial charge in [0.05, 0.1) is 11.9 Å². The number of ether oxygens (including phenoxy) is 1. The average molecular weight is 628 g/mol. The van der Waals surface area contributed by atoms with Gasteiger partial charge in [-0.25, -0.2) is 8.42 Å². The van der Waals surface area contributed by atoms with E-state index in [1.54, 1.807) is 24.3 Å². The Morgan fingerprint density at radius 2 is 1.40 bits per heavy atom. The molecule has 2 amide bonds. The first-order valence-corrected chi connectivity index (χ1v) is 16.8. The van der Waals surface area contributed by atoms with Crippen LogP contribution in [0.15, 0.2) is 109 Å². The summed E-state index contributed by atoms with van der Waals surface area (Å²) in [6, 6.07) is 32.1. The van der Waals surface area contributed by atoms with Crippen molar-refractivity contribution in [3.05, 3.63) is 126 Å². The second kappa shape index (κ2) is 15.4. The van der Waals surface area contributed by atoms with Gasteiger partial charge in [-0.3, -0.25) is 13.9 Å². The summed E-state index contributed by atoms with van der Waals surface area (Å²) in [7, 11) is -3.88. The number of nitrogens with one attached hydrogen (secondary N) is 1. The molecule has 0 aliphatic carbocycles. The Hall–Kier alpha value is -4.63. The Bertz CT molecular complexity index is 1660. The number of hydrogen-bond donors (Lipinski definition) is 1. The molecule has 0 bridgehead atoms. The van der Waals surface area contributed by atoms with Gasteiger partial charge < -0.3 is 15.0 Å². The largest absolute Gasteiger partial charge is 0.457 e. The van der Waals surface area contributed by atoms with E-state index in [2.05, 4.69) is 5.32 Å². The molecule has 0 aromatic heterocycles. The van der Waals surface area contributed by atoms with Gasteiger partial charge in [0.2, 0.25) is 21.8 Å². The number of rotatable bonds is 14. The van der Waals surface area contributed by atoms with Crippen LogP contribution < -0.4 is 14.4 Å². The van der Waals surface area contributed by atoms with Gasteiger partial charge >= 0.3 is 0 Å². The number of amides is 2. The SMILES string of the molecule is Cc1cccc(CN(C(=O)CN(c2ccc(Oc3ccccc3)cc2)S(C)(=O)=O)[C@@H](Cc2ccccc2)C(=O)NCC(C)C)c1. The molecular weight excluding hydrogens is 586 g/mol. The molecule has 0 aliphatic rings. The molecule has 4 rings (SSSR count). The minimum absolute atomic E-state index is 0.133. The van der Waals surface area contributed by atoms with Gasteiger partial charge in [0.15, 0.2) is 0 Å². The van der Waals surface area contributed by atoms with E-state index in [1.807, 2.05) is 106 Å². The fourth-order valence-corrected chi connectivity index (χ4v) is 5.75. The molecule has 9 heteroatoms. The van der Waals surface area contributed by atoms with Crippen LogP contribution in [0.1, 0.15) is 30.5 Å². The smallest absolute Gasteiger partial charge is 0.244 e. The monoisotopic (exact) mass is 627 g/mol. The van der Waals surface area contributed by atoms with Crippen molar-refractivity contribution in [1.82, 2.24) is 10.2 Å². The van der Waals surface area contributed by atoms with Crippen LogP contribution >= 0.6 is 0 Å². The summed E-state index contributed by atoms with van der Waals surface area (Å²) in [5.41, 5.74) is 3.05. The number of carbonyl (C=O) groups is 2. The summed E-state index contributed by atoms with van der Waals surface area (Å²) in [6.07, 6.45) is 1.34. The maximum absolute atomic E-state index is 14.3. The predicted octanol–water partition coefficient (Wildman–Crippen LogP) is 5.97. The molecule has 0 radical (unpaired) electrons. The predicted molar refractivity (Wildman–Crippen MR) is 179 cm³/mol. The van der Waals surface area contributed by atoms with Crippen molar-refractivity contribution in [2.75, 3.05) is 23.7 Å². The van der Waals surface area contributed by atoms with Crippen LogP contribution in [0, 0.1) is 12.8 Å². The second-order valence-corrected chi connectivity index (χ2v) is 13.4. The van der Waals surface area contributed by atoms with Crippen molar-refractivity contribution in [1.29, 1.82) is 0 Å². The van der Waals surface area contributed by atoms with E-state index < -0.39 is 28.5 Å². The number of para-hydroxylation sites is 1. The second-order valence-electron chi connectivity index (χ2n) is 11.5. The maximum atomic E-state index is 14.3. The lowest BCUT2D eigenvalue weighted by atomic mass is 10.0. The number of nitrogens with zero attached hydrogens (tertiary/aromatic N) is 2. The molecule has 0 spiro atoms. The van der Waals surface area contributed by atoms with Gasteiger partial charge in [-0.05, 0) is 60.4 Å². The molecule has 0 saturated heterocycles. The first-order chi connectivity index (χ1) is 21.5. The number of benzene rings is 4. The van der Waals surface area contributed by atoms with Crippen LogP contribution in [0.5, 0.6) is 11.5 Å². The van der Waals surface area contributed by atoms with E-state index in [-0.39, 0.29) is 24.8 Å². The molecule has 0 fully saturated rings. The first kappa shape index (κ1) is 33.3. The molecule has 0 aliphatic heterocycles. The standard InChI is InChI=1S/C36H41N3O5S/c1-27(2)24-37-36(41)34(23-29-13-7-5-8-14-29)38(25-30-15-11-12-28(3)22-30)35(40)26-39(45(4,42)43)31-18-20-33(21-19-31)44-32-16-9-6-10-17-32/h5-22,27,34H,23-26H2,1-4H3,(H,37,41)/t34-/m0/s1. The van der Waals surface area contributed by atoms with Crippen molar-refractivity contribution >= 4 is 27.5 Å². The Morgan fingerprint density at radius 3 is 2.00 bits per heavy atom. The Labute approximate surface area is 266 Å². The highest BCUT2D eigenvalue weighted by molar-refractivity contribution is 7.92. The summed E-state index contributed by atoms with van der Waals surface area (Å²) in [4.78, 5) is 29.5. The van der Waals surface area contributed by atoms with Gasteiger partial charge in [0.1, 0.15) is 24.1 Å². The number of sulfonamides is 1. The van der Waals surface area contributed by atoms with Gasteiger partial charge in [-0.1, -0.05) is 92.2 Å². The summed E-state index contributed by atoms with van der Waals surface area (Å²) in [5.74, 6) is 0.596. The number of hydrogen-bond acceptors (Lipinski definition) is 5. The van der Waals surface area contributed by atoms with Crippen molar-refractivity contribution in [3.8, 4) is 11.5 Å². The van der Waals surface area contributed by atoms with E-state index in [1.165, 1.54) is 4.90 Å². The summed E-state index contributed by atoms with van der Waals surface area (Å²) in [5, 5.41) is 3.00. The lowest BCUT2D eigenvalue weighted by molar-refractivity contribution is -0.140. The maximum Gasteiger partial charge on any atom is 0.244 e. The van der Waals surface area contributed by atoms with Crippen LogP contribution in [0.4, 0.5) is 5.69 Å². The average Bonchev–Trinajstić information content (AvgIpc) is 3.01. The van der Waals surface area contributed by atoms with Crippen LogP contribution in [-0.4, -0.2) is 50.5 Å². The van der Waals surface area contributed by atoms with Gasteiger partial charge in [-0.2, -0.15) is 0 Å². The fraction of sp³-hybridized carbons (Fsp3) is 0.278. The van der Waals surface area contributed by atoms with Crippen molar-refractivity contribution < 1.29 is 22.7 Å². The molecule has 45 heavy (non-hydrogen) atoms. The van der Waals surface area contributed by atoms with E-state index in [4.69, 9.17) is 4.74 Å². The molecule has 0 heterocycles. The van der Waals surface area contributed by atoms with E-state index in [0.717, 1.165) is 27.3 Å². The van der Waals surface area contributed by atoms with Crippen LogP contribution in [0.3, 0.4) is 0 Å². The molecule has 8 nitrogen and oxygen atoms in total. The minimum Gasteiger partial charge on any atom is -0.457 e. The van der Waals surface area contributed by atoms with Crippen LogP contribution in [-0.2, 0) is 32.6 Å². The molecule has 0 saturated carbocycles. The zero-order valence-electron chi connectivity index (χ0n) is 26.2. The highest BCUT2D eigenvalue weighted by atomic mass is 32.2. The molecular formula is C36H41N3O5S. The lowest BCUT2D eigenvalue weighted by Gasteiger charge is -2.33. The molecule has 1 N–H and O–H groups in total. The van der Waals surface area contributed by atoms with Crippen LogP contribution in [0.25, 0.3) is 0 Å². The Balaban J connectivity index is 1.67. The molecule has 4 aromatic carbocycles. The number of anilines is 1. The summed E-state index contributed by atoms with van der Waals surface area (Å²) < 4.78 is 33.1. The summed E-state index contributed by atoms with van der Waals surface area (Å²) >= 11 is 0.